The number of hydrogen-bond donors (Lipinski definition) is 2. The summed E-state index contributed by atoms with van der Waals surface area (Å²) in [5, 5.41) is 5.99. The van der Waals surface area contributed by atoms with Gasteiger partial charge >= 0.3 is 0 Å². The molecular formula is C15H15ClN2O3. The van der Waals surface area contributed by atoms with Crippen molar-refractivity contribution in [2.45, 2.75) is 6.42 Å². The Bertz CT molecular complexity index is 611. The predicted octanol–water partition coefficient (Wildman–Crippen LogP) is 2.48. The van der Waals surface area contributed by atoms with E-state index in [0.29, 0.717) is 30.1 Å². The van der Waals surface area contributed by atoms with Gasteiger partial charge in [-0.15, -0.1) is 0 Å². The van der Waals surface area contributed by atoms with Gasteiger partial charge in [0.05, 0.1) is 6.26 Å². The minimum absolute atomic E-state index is 0.185. The molecule has 21 heavy (non-hydrogen) atoms. The lowest BCUT2D eigenvalue weighted by atomic mass is 10.2. The molecule has 0 saturated heterocycles. The number of nitrogens with one attached hydrogen (secondary N) is 2. The molecule has 2 N–H and O–H groups in total. The molecule has 0 spiro atoms. The van der Waals surface area contributed by atoms with Crippen molar-refractivity contribution in [1.29, 1.82) is 0 Å². The number of rotatable bonds is 6. The van der Waals surface area contributed by atoms with Crippen molar-refractivity contribution in [2.75, 3.05) is 13.1 Å². The van der Waals surface area contributed by atoms with E-state index < -0.39 is 0 Å². The average molecular weight is 307 g/mol. The largest absolute Gasteiger partial charge is 0.459 e. The van der Waals surface area contributed by atoms with Gasteiger partial charge in [-0.3, -0.25) is 9.59 Å². The zero-order chi connectivity index (χ0) is 15.1. The Labute approximate surface area is 127 Å². The molecule has 1 aromatic heterocycles. The van der Waals surface area contributed by atoms with E-state index in [2.05, 4.69) is 10.6 Å². The number of carbonyl (C=O) groups is 2. The summed E-state index contributed by atoms with van der Waals surface area (Å²) in [5.74, 6) is -0.172. The Kier molecular flexibility index (Phi) is 5.40. The van der Waals surface area contributed by atoms with Crippen LogP contribution in [0, 0.1) is 0 Å². The first kappa shape index (κ1) is 15.1. The lowest BCUT2D eigenvalue weighted by Gasteiger charge is -2.06. The van der Waals surface area contributed by atoms with Gasteiger partial charge in [0, 0.05) is 23.7 Å². The Morgan fingerprint density at radius 3 is 2.48 bits per heavy atom. The molecule has 0 saturated carbocycles. The van der Waals surface area contributed by atoms with E-state index in [0.717, 1.165) is 0 Å². The molecule has 5 nitrogen and oxygen atoms in total. The molecule has 1 heterocycles. The molecular weight excluding hydrogens is 292 g/mol. The van der Waals surface area contributed by atoms with E-state index >= 15 is 0 Å². The fraction of sp³-hybridized carbons (Fsp3) is 0.200. The van der Waals surface area contributed by atoms with Crippen LogP contribution in [0.5, 0.6) is 0 Å². The molecule has 0 radical (unpaired) electrons. The van der Waals surface area contributed by atoms with Crippen LogP contribution in [0.15, 0.2) is 47.1 Å². The highest BCUT2D eigenvalue weighted by Gasteiger charge is 2.07. The number of furan rings is 1. The average Bonchev–Trinajstić information content (AvgIpc) is 3.00. The number of carbonyl (C=O) groups excluding carboxylic acids is 2. The maximum atomic E-state index is 11.8. The van der Waals surface area contributed by atoms with Crippen molar-refractivity contribution < 1.29 is 14.0 Å². The molecule has 110 valence electrons. The second-order valence-electron chi connectivity index (χ2n) is 4.35. The van der Waals surface area contributed by atoms with Crippen LogP contribution in [-0.2, 0) is 0 Å². The third-order valence-corrected chi connectivity index (χ3v) is 2.99. The number of halogens is 1. The van der Waals surface area contributed by atoms with Crippen LogP contribution in [0.3, 0.4) is 0 Å². The Morgan fingerprint density at radius 2 is 1.81 bits per heavy atom. The van der Waals surface area contributed by atoms with Crippen molar-refractivity contribution in [3.05, 3.63) is 59.0 Å². The molecule has 0 aliphatic rings. The Morgan fingerprint density at radius 1 is 1.05 bits per heavy atom. The van der Waals surface area contributed by atoms with Crippen molar-refractivity contribution in [2.24, 2.45) is 0 Å². The van der Waals surface area contributed by atoms with Crippen LogP contribution in [0.1, 0.15) is 27.3 Å². The Balaban J connectivity index is 1.66. The van der Waals surface area contributed by atoms with Gasteiger partial charge in [-0.2, -0.15) is 0 Å². The number of amides is 2. The summed E-state index contributed by atoms with van der Waals surface area (Å²) in [6, 6.07) is 9.98. The topological polar surface area (TPSA) is 71.3 Å². The molecule has 0 aliphatic heterocycles. The summed E-state index contributed by atoms with van der Waals surface area (Å²) in [6.07, 6.45) is 2.07. The van der Waals surface area contributed by atoms with Gasteiger partial charge < -0.3 is 15.1 Å². The monoisotopic (exact) mass is 306 g/mol. The Hall–Kier alpha value is -2.27. The van der Waals surface area contributed by atoms with Gasteiger partial charge in [0.15, 0.2) is 5.76 Å². The number of benzene rings is 1. The molecule has 0 atom stereocenters. The second kappa shape index (κ2) is 7.50. The maximum absolute atomic E-state index is 11.8. The van der Waals surface area contributed by atoms with Crippen LogP contribution >= 0.6 is 11.6 Å². The molecule has 0 unspecified atom stereocenters. The lowest BCUT2D eigenvalue weighted by Crippen LogP contribution is -2.29. The van der Waals surface area contributed by atoms with Crippen LogP contribution in [-0.4, -0.2) is 24.9 Å². The van der Waals surface area contributed by atoms with E-state index in [1.54, 1.807) is 36.4 Å². The summed E-state index contributed by atoms with van der Waals surface area (Å²) >= 11 is 5.82. The summed E-state index contributed by atoms with van der Waals surface area (Å²) < 4.78 is 4.97. The third kappa shape index (κ3) is 4.65. The van der Waals surface area contributed by atoms with Crippen LogP contribution < -0.4 is 10.6 Å². The standard InChI is InChI=1S/C15H15ClN2O3/c16-12-5-1-4-11(10-12)14(19)17-7-3-8-18-15(20)13-6-2-9-21-13/h1-2,4-6,9-10H,3,7-8H2,(H,17,19)(H,18,20). The van der Waals surface area contributed by atoms with Gasteiger partial charge in [-0.1, -0.05) is 17.7 Å². The zero-order valence-corrected chi connectivity index (χ0v) is 12.0. The van der Waals surface area contributed by atoms with Crippen LogP contribution in [0.2, 0.25) is 5.02 Å². The minimum Gasteiger partial charge on any atom is -0.459 e. The first-order valence-electron chi connectivity index (χ1n) is 6.52. The lowest BCUT2D eigenvalue weighted by molar-refractivity contribution is 0.0925. The van der Waals surface area contributed by atoms with E-state index in [1.807, 2.05) is 0 Å². The number of hydrogen-bond acceptors (Lipinski definition) is 3. The molecule has 2 amide bonds. The third-order valence-electron chi connectivity index (χ3n) is 2.76. The minimum atomic E-state index is -0.263. The molecule has 2 aromatic rings. The highest BCUT2D eigenvalue weighted by molar-refractivity contribution is 6.30. The summed E-state index contributed by atoms with van der Waals surface area (Å²) in [4.78, 5) is 23.4. The highest BCUT2D eigenvalue weighted by Crippen LogP contribution is 2.10. The zero-order valence-electron chi connectivity index (χ0n) is 11.3. The molecule has 0 fully saturated rings. The fourth-order valence-corrected chi connectivity index (χ4v) is 1.91. The highest BCUT2D eigenvalue weighted by atomic mass is 35.5. The van der Waals surface area contributed by atoms with Gasteiger partial charge in [-0.25, -0.2) is 0 Å². The summed E-state index contributed by atoms with van der Waals surface area (Å²) in [6.45, 7) is 0.916. The van der Waals surface area contributed by atoms with Crippen LogP contribution in [0.25, 0.3) is 0 Å². The van der Waals surface area contributed by atoms with Crippen LogP contribution in [0.4, 0.5) is 0 Å². The van der Waals surface area contributed by atoms with Crippen molar-refractivity contribution in [1.82, 2.24) is 10.6 Å². The normalized spacial score (nSPS) is 10.1. The first-order chi connectivity index (χ1) is 10.2. The van der Waals surface area contributed by atoms with Gasteiger partial charge in [0.2, 0.25) is 0 Å². The smallest absolute Gasteiger partial charge is 0.286 e. The maximum Gasteiger partial charge on any atom is 0.286 e. The van der Waals surface area contributed by atoms with E-state index in [-0.39, 0.29) is 17.6 Å². The van der Waals surface area contributed by atoms with Gasteiger partial charge in [0.25, 0.3) is 11.8 Å². The van der Waals surface area contributed by atoms with Crippen molar-refractivity contribution >= 4 is 23.4 Å². The van der Waals surface area contributed by atoms with Crippen molar-refractivity contribution in [3.63, 3.8) is 0 Å². The summed E-state index contributed by atoms with van der Waals surface area (Å²) in [5.41, 5.74) is 0.516. The predicted molar refractivity (Wildman–Crippen MR) is 79.4 cm³/mol. The van der Waals surface area contributed by atoms with E-state index in [9.17, 15) is 9.59 Å². The van der Waals surface area contributed by atoms with Crippen molar-refractivity contribution in [3.8, 4) is 0 Å². The van der Waals surface area contributed by atoms with Gasteiger partial charge in [-0.05, 0) is 36.8 Å². The molecule has 0 bridgehead atoms. The quantitative estimate of drug-likeness (QED) is 0.805. The fourth-order valence-electron chi connectivity index (χ4n) is 1.72. The molecule has 0 aliphatic carbocycles. The second-order valence-corrected chi connectivity index (χ2v) is 4.79. The molecule has 1 aromatic carbocycles. The first-order valence-corrected chi connectivity index (χ1v) is 6.90. The molecule has 6 heteroatoms. The van der Waals surface area contributed by atoms with Gasteiger partial charge in [0.1, 0.15) is 0 Å². The van der Waals surface area contributed by atoms with E-state index in [1.165, 1.54) is 6.26 Å². The SMILES string of the molecule is O=C(NCCCNC(=O)c1ccco1)c1cccc(Cl)c1. The van der Waals surface area contributed by atoms with E-state index in [4.69, 9.17) is 16.0 Å². The summed E-state index contributed by atoms with van der Waals surface area (Å²) in [7, 11) is 0. The molecule has 2 rings (SSSR count).